The lowest BCUT2D eigenvalue weighted by atomic mass is 9.94. The third-order valence-electron chi connectivity index (χ3n) is 2.70. The van der Waals surface area contributed by atoms with E-state index in [-0.39, 0.29) is 6.10 Å². The molecule has 0 aromatic carbocycles. The van der Waals surface area contributed by atoms with Crippen LogP contribution in [0.3, 0.4) is 0 Å². The van der Waals surface area contributed by atoms with Crippen LogP contribution in [-0.2, 0) is 0 Å². The highest BCUT2D eigenvalue weighted by molar-refractivity contribution is 6.30. The summed E-state index contributed by atoms with van der Waals surface area (Å²) in [6.07, 6.45) is 7.69. The molecule has 2 rings (SSSR count). The zero-order chi connectivity index (χ0) is 10.7. The number of nitrogens with zero attached hydrogens (tertiary/aromatic N) is 1. The molecule has 0 atom stereocenters. The first kappa shape index (κ1) is 10.7. The monoisotopic (exact) mass is 226 g/mol. The fourth-order valence-corrected chi connectivity index (χ4v) is 2.02. The molecule has 0 unspecified atom stereocenters. The van der Waals surface area contributed by atoms with E-state index >= 15 is 0 Å². The Balaban J connectivity index is 1.92. The Bertz CT molecular complexity index is 324. The number of ether oxygens (including phenoxy) is 1. The van der Waals surface area contributed by atoms with E-state index in [0.29, 0.717) is 11.1 Å². The molecule has 1 aliphatic carbocycles. The van der Waals surface area contributed by atoms with E-state index in [4.69, 9.17) is 22.1 Å². The molecule has 0 bridgehead atoms. The molecule has 1 aromatic rings. The van der Waals surface area contributed by atoms with Crippen molar-refractivity contribution in [3.63, 3.8) is 0 Å². The molecule has 1 fully saturated rings. The van der Waals surface area contributed by atoms with E-state index in [1.807, 2.05) is 0 Å². The molecule has 82 valence electrons. The average Bonchev–Trinajstić information content (AvgIpc) is 2.22. The van der Waals surface area contributed by atoms with Crippen LogP contribution >= 0.6 is 11.6 Å². The molecule has 1 aliphatic rings. The second kappa shape index (κ2) is 4.81. The predicted molar refractivity (Wildman–Crippen MR) is 60.1 cm³/mol. The van der Waals surface area contributed by atoms with Crippen molar-refractivity contribution in [2.45, 2.75) is 37.8 Å². The van der Waals surface area contributed by atoms with E-state index < -0.39 is 0 Å². The van der Waals surface area contributed by atoms with Gasteiger partial charge in [0.2, 0.25) is 0 Å². The van der Waals surface area contributed by atoms with Crippen molar-refractivity contribution >= 4 is 11.6 Å². The van der Waals surface area contributed by atoms with E-state index in [9.17, 15) is 0 Å². The zero-order valence-corrected chi connectivity index (χ0v) is 9.28. The van der Waals surface area contributed by atoms with Crippen LogP contribution in [0.5, 0.6) is 5.75 Å². The second-order valence-electron chi connectivity index (χ2n) is 3.99. The van der Waals surface area contributed by atoms with Gasteiger partial charge >= 0.3 is 0 Å². The summed E-state index contributed by atoms with van der Waals surface area (Å²) in [7, 11) is 0. The summed E-state index contributed by atoms with van der Waals surface area (Å²) in [5.41, 5.74) is 5.83. The van der Waals surface area contributed by atoms with Crippen LogP contribution < -0.4 is 10.5 Å². The van der Waals surface area contributed by atoms with Gasteiger partial charge in [0.15, 0.2) is 0 Å². The second-order valence-corrected chi connectivity index (χ2v) is 4.43. The topological polar surface area (TPSA) is 48.1 Å². The maximum absolute atomic E-state index is 5.83. The fourth-order valence-electron chi connectivity index (χ4n) is 1.86. The van der Waals surface area contributed by atoms with E-state index in [1.165, 1.54) is 0 Å². The average molecular weight is 227 g/mol. The molecule has 3 nitrogen and oxygen atoms in total. The molecular formula is C11H15ClN2O. The normalized spacial score (nSPS) is 26.3. The third kappa shape index (κ3) is 3.08. The maximum Gasteiger partial charge on any atom is 0.139 e. The standard InChI is InChI=1S/C11H15ClN2O/c12-8-5-11(7-14-6-8)15-10-3-1-9(13)2-4-10/h5-7,9-10H,1-4,13H2/t9-,10-. The summed E-state index contributed by atoms with van der Waals surface area (Å²) < 4.78 is 5.78. The van der Waals surface area contributed by atoms with Gasteiger partial charge in [0, 0.05) is 18.3 Å². The van der Waals surface area contributed by atoms with Gasteiger partial charge in [0.25, 0.3) is 0 Å². The van der Waals surface area contributed by atoms with Crippen molar-refractivity contribution in [1.82, 2.24) is 4.98 Å². The minimum Gasteiger partial charge on any atom is -0.489 e. The Morgan fingerprint density at radius 3 is 2.67 bits per heavy atom. The first-order chi connectivity index (χ1) is 7.24. The minimum atomic E-state index is 0.269. The van der Waals surface area contributed by atoms with Gasteiger partial charge in [-0.1, -0.05) is 11.6 Å². The molecular weight excluding hydrogens is 212 g/mol. The van der Waals surface area contributed by atoms with Crippen LogP contribution in [0, 0.1) is 0 Å². The van der Waals surface area contributed by atoms with Crippen molar-refractivity contribution in [3.8, 4) is 5.75 Å². The number of rotatable bonds is 2. The largest absolute Gasteiger partial charge is 0.489 e. The van der Waals surface area contributed by atoms with E-state index in [2.05, 4.69) is 4.98 Å². The molecule has 0 radical (unpaired) electrons. The predicted octanol–water partition coefficient (Wildman–Crippen LogP) is 2.38. The minimum absolute atomic E-state index is 0.269. The van der Waals surface area contributed by atoms with Gasteiger partial charge in [0.1, 0.15) is 5.75 Å². The van der Waals surface area contributed by atoms with Gasteiger partial charge in [0.05, 0.1) is 17.3 Å². The molecule has 4 heteroatoms. The van der Waals surface area contributed by atoms with Crippen molar-refractivity contribution in [3.05, 3.63) is 23.5 Å². The molecule has 1 heterocycles. The molecule has 15 heavy (non-hydrogen) atoms. The smallest absolute Gasteiger partial charge is 0.139 e. The summed E-state index contributed by atoms with van der Waals surface area (Å²) in [6.45, 7) is 0. The molecule has 0 saturated heterocycles. The van der Waals surface area contributed by atoms with E-state index in [0.717, 1.165) is 31.4 Å². The van der Waals surface area contributed by atoms with Gasteiger partial charge in [-0.2, -0.15) is 0 Å². The maximum atomic E-state index is 5.83. The molecule has 0 spiro atoms. The lowest BCUT2D eigenvalue weighted by Crippen LogP contribution is -2.31. The van der Waals surface area contributed by atoms with Crippen molar-refractivity contribution in [1.29, 1.82) is 0 Å². The van der Waals surface area contributed by atoms with Gasteiger partial charge in [-0.3, -0.25) is 4.98 Å². The first-order valence-corrected chi connectivity index (χ1v) is 5.64. The summed E-state index contributed by atoms with van der Waals surface area (Å²) in [4.78, 5) is 3.98. The van der Waals surface area contributed by atoms with Gasteiger partial charge in [-0.05, 0) is 25.7 Å². The summed E-state index contributed by atoms with van der Waals surface area (Å²) >= 11 is 5.82. The van der Waals surface area contributed by atoms with E-state index in [1.54, 1.807) is 18.5 Å². The van der Waals surface area contributed by atoms with Crippen molar-refractivity contribution < 1.29 is 4.74 Å². The summed E-state index contributed by atoms with van der Waals surface area (Å²) in [6, 6.07) is 2.14. The highest BCUT2D eigenvalue weighted by Gasteiger charge is 2.19. The van der Waals surface area contributed by atoms with Crippen molar-refractivity contribution in [2.24, 2.45) is 5.73 Å². The molecule has 1 aromatic heterocycles. The first-order valence-electron chi connectivity index (χ1n) is 5.27. The lowest BCUT2D eigenvalue weighted by molar-refractivity contribution is 0.146. The zero-order valence-electron chi connectivity index (χ0n) is 8.53. The Morgan fingerprint density at radius 2 is 2.00 bits per heavy atom. The summed E-state index contributed by atoms with van der Waals surface area (Å²) in [5.74, 6) is 0.753. The Labute approximate surface area is 94.6 Å². The highest BCUT2D eigenvalue weighted by Crippen LogP contribution is 2.23. The number of hydrogen-bond donors (Lipinski definition) is 1. The SMILES string of the molecule is N[C@H]1CC[C@H](Oc2cncc(Cl)c2)CC1. The highest BCUT2D eigenvalue weighted by atomic mass is 35.5. The number of nitrogens with two attached hydrogens (primary N) is 1. The van der Waals surface area contributed by atoms with Gasteiger partial charge in [-0.25, -0.2) is 0 Å². The van der Waals surface area contributed by atoms with Crippen molar-refractivity contribution in [2.75, 3.05) is 0 Å². The molecule has 0 aliphatic heterocycles. The Kier molecular flexibility index (Phi) is 3.44. The van der Waals surface area contributed by atoms with Gasteiger partial charge in [-0.15, -0.1) is 0 Å². The number of aromatic nitrogens is 1. The molecule has 0 amide bonds. The Hall–Kier alpha value is -0.800. The van der Waals surface area contributed by atoms with Crippen LogP contribution in [0.4, 0.5) is 0 Å². The van der Waals surface area contributed by atoms with Crippen LogP contribution in [0.25, 0.3) is 0 Å². The fraction of sp³-hybridized carbons (Fsp3) is 0.545. The lowest BCUT2D eigenvalue weighted by Gasteiger charge is -2.26. The number of hydrogen-bond acceptors (Lipinski definition) is 3. The Morgan fingerprint density at radius 1 is 1.27 bits per heavy atom. The van der Waals surface area contributed by atoms with Crippen LogP contribution in [0.1, 0.15) is 25.7 Å². The van der Waals surface area contributed by atoms with Gasteiger partial charge < -0.3 is 10.5 Å². The molecule has 2 N–H and O–H groups in total. The third-order valence-corrected chi connectivity index (χ3v) is 2.91. The number of pyridine rings is 1. The van der Waals surface area contributed by atoms with Crippen LogP contribution in [0.15, 0.2) is 18.5 Å². The number of halogens is 1. The molecule has 1 saturated carbocycles. The summed E-state index contributed by atoms with van der Waals surface area (Å²) in [5, 5.41) is 0.611. The van der Waals surface area contributed by atoms with Crippen LogP contribution in [-0.4, -0.2) is 17.1 Å². The quantitative estimate of drug-likeness (QED) is 0.843. The van der Waals surface area contributed by atoms with Crippen LogP contribution in [0.2, 0.25) is 5.02 Å².